The van der Waals surface area contributed by atoms with Crippen LogP contribution >= 0.6 is 0 Å². The third-order valence-corrected chi connectivity index (χ3v) is 4.68. The van der Waals surface area contributed by atoms with Gasteiger partial charge in [0.1, 0.15) is 11.9 Å². The minimum Gasteiger partial charge on any atom is -0.494 e. The number of hydrogen-bond donors (Lipinski definition) is 0. The maximum atomic E-state index is 12.4. The van der Waals surface area contributed by atoms with E-state index in [4.69, 9.17) is 9.47 Å². The molecule has 0 saturated carbocycles. The Morgan fingerprint density at radius 3 is 2.20 bits per heavy atom. The van der Waals surface area contributed by atoms with Crippen molar-refractivity contribution in [2.45, 2.75) is 77.5 Å². The van der Waals surface area contributed by atoms with Gasteiger partial charge in [-0.25, -0.2) is 4.79 Å². The number of hydroxylamine groups is 2. The fourth-order valence-corrected chi connectivity index (χ4v) is 3.50. The minimum absolute atomic E-state index is 0.261. The van der Waals surface area contributed by atoms with E-state index in [9.17, 15) is 10.0 Å². The molecule has 0 bridgehead atoms. The number of esters is 1. The van der Waals surface area contributed by atoms with E-state index in [1.807, 2.05) is 27.7 Å². The van der Waals surface area contributed by atoms with Gasteiger partial charge in [0.15, 0.2) is 0 Å². The Kier molecular flexibility index (Phi) is 6.12. The molecule has 1 radical (unpaired) electrons. The average Bonchev–Trinajstić information content (AvgIpc) is 2.53. The van der Waals surface area contributed by atoms with Crippen LogP contribution in [0, 0.1) is 0 Å². The van der Waals surface area contributed by atoms with Crippen LogP contribution in [0.4, 0.5) is 0 Å². The predicted molar refractivity (Wildman–Crippen MR) is 96.0 cm³/mol. The molecule has 5 heteroatoms. The van der Waals surface area contributed by atoms with Gasteiger partial charge in [0.2, 0.25) is 0 Å². The van der Waals surface area contributed by atoms with Crippen molar-refractivity contribution >= 4 is 5.97 Å². The number of nitrogens with zero attached hydrogens (tertiary/aromatic N) is 1. The second-order valence-corrected chi connectivity index (χ2v) is 8.08. The standard InChI is InChI=1S/C20H30NO4/c1-6-7-12-24-16-10-8-15(9-11-16)18(22)25-17-13-19(2,3)21(23)20(4,5)14-17/h8-11,17H,6-7,12-14H2,1-5H3. The molecule has 1 heterocycles. The van der Waals surface area contributed by atoms with Gasteiger partial charge in [-0.1, -0.05) is 13.3 Å². The van der Waals surface area contributed by atoms with Crippen molar-refractivity contribution in [1.82, 2.24) is 5.06 Å². The van der Waals surface area contributed by atoms with E-state index < -0.39 is 11.1 Å². The SMILES string of the molecule is CCCCOc1ccc(C(=O)OC2CC(C)(C)N([O])C(C)(C)C2)cc1. The van der Waals surface area contributed by atoms with Crippen molar-refractivity contribution in [2.24, 2.45) is 0 Å². The molecular formula is C20H30NO4. The Balaban J connectivity index is 1.97. The fourth-order valence-electron chi connectivity index (χ4n) is 3.50. The largest absolute Gasteiger partial charge is 0.494 e. The van der Waals surface area contributed by atoms with Crippen LogP contribution in [-0.4, -0.2) is 34.8 Å². The molecule has 0 spiro atoms. The van der Waals surface area contributed by atoms with E-state index in [2.05, 4.69) is 6.92 Å². The molecule has 1 fully saturated rings. The molecule has 1 aromatic rings. The summed E-state index contributed by atoms with van der Waals surface area (Å²) in [4.78, 5) is 12.4. The highest BCUT2D eigenvalue weighted by atomic mass is 16.5. The van der Waals surface area contributed by atoms with Crippen molar-refractivity contribution < 1.29 is 19.5 Å². The summed E-state index contributed by atoms with van der Waals surface area (Å²) in [5.74, 6) is 0.406. The summed E-state index contributed by atoms with van der Waals surface area (Å²) >= 11 is 0. The summed E-state index contributed by atoms with van der Waals surface area (Å²) in [5, 5.41) is 13.5. The van der Waals surface area contributed by atoms with Gasteiger partial charge in [0.05, 0.1) is 12.2 Å². The van der Waals surface area contributed by atoms with E-state index in [-0.39, 0.29) is 12.1 Å². The zero-order chi connectivity index (χ0) is 18.7. The number of ether oxygens (including phenoxy) is 2. The minimum atomic E-state index is -0.552. The van der Waals surface area contributed by atoms with Crippen LogP contribution in [-0.2, 0) is 9.94 Å². The van der Waals surface area contributed by atoms with Crippen LogP contribution in [0.2, 0.25) is 0 Å². The van der Waals surface area contributed by atoms with Gasteiger partial charge in [-0.3, -0.25) is 0 Å². The van der Waals surface area contributed by atoms with Crippen molar-refractivity contribution in [1.29, 1.82) is 0 Å². The van der Waals surface area contributed by atoms with Gasteiger partial charge in [-0.2, -0.15) is 0 Å². The monoisotopic (exact) mass is 348 g/mol. The normalized spacial score (nSPS) is 20.2. The summed E-state index contributed by atoms with van der Waals surface area (Å²) in [6, 6.07) is 7.03. The van der Waals surface area contributed by atoms with Crippen LogP contribution in [0.15, 0.2) is 24.3 Å². The van der Waals surface area contributed by atoms with Crippen molar-refractivity contribution in [3.8, 4) is 5.75 Å². The maximum absolute atomic E-state index is 12.4. The Labute approximate surface area is 150 Å². The second kappa shape index (κ2) is 7.75. The highest BCUT2D eigenvalue weighted by Crippen LogP contribution is 2.38. The number of carbonyl (C=O) groups excluding carboxylic acids is 1. The van der Waals surface area contributed by atoms with Gasteiger partial charge in [0, 0.05) is 23.9 Å². The first-order chi connectivity index (χ1) is 11.7. The molecule has 1 aromatic carbocycles. The molecule has 1 aliphatic rings. The number of rotatable bonds is 6. The molecule has 1 saturated heterocycles. The quantitative estimate of drug-likeness (QED) is 0.565. The number of carbonyl (C=O) groups is 1. The first-order valence-corrected chi connectivity index (χ1v) is 9.07. The van der Waals surface area contributed by atoms with Crippen LogP contribution in [0.5, 0.6) is 5.75 Å². The molecule has 0 amide bonds. The Morgan fingerprint density at radius 1 is 1.12 bits per heavy atom. The molecule has 5 nitrogen and oxygen atoms in total. The summed E-state index contributed by atoms with van der Waals surface area (Å²) in [6.45, 7) is 10.4. The molecule has 2 rings (SSSR count). The summed E-state index contributed by atoms with van der Waals surface area (Å²) in [5.41, 5.74) is -0.601. The van der Waals surface area contributed by atoms with Gasteiger partial charge < -0.3 is 9.47 Å². The van der Waals surface area contributed by atoms with Gasteiger partial charge >= 0.3 is 5.97 Å². The van der Waals surface area contributed by atoms with Gasteiger partial charge in [0.25, 0.3) is 0 Å². The molecule has 0 unspecified atom stereocenters. The molecule has 0 aromatic heterocycles. The predicted octanol–water partition coefficient (Wildman–Crippen LogP) is 4.39. The number of hydrogen-bond acceptors (Lipinski definition) is 4. The van der Waals surface area contributed by atoms with E-state index in [0.29, 0.717) is 25.0 Å². The molecule has 139 valence electrons. The lowest BCUT2D eigenvalue weighted by Crippen LogP contribution is -2.60. The van der Waals surface area contributed by atoms with E-state index >= 15 is 0 Å². The maximum Gasteiger partial charge on any atom is 0.338 e. The second-order valence-electron chi connectivity index (χ2n) is 8.08. The third kappa shape index (κ3) is 4.95. The first-order valence-electron chi connectivity index (χ1n) is 9.07. The zero-order valence-electron chi connectivity index (χ0n) is 16.0. The van der Waals surface area contributed by atoms with E-state index in [1.54, 1.807) is 24.3 Å². The average molecular weight is 348 g/mol. The fraction of sp³-hybridized carbons (Fsp3) is 0.650. The summed E-state index contributed by atoms with van der Waals surface area (Å²) < 4.78 is 11.3. The lowest BCUT2D eigenvalue weighted by molar-refractivity contribution is -0.298. The molecule has 0 N–H and O–H groups in total. The topological polar surface area (TPSA) is 58.7 Å². The number of unbranched alkanes of at least 4 members (excludes halogenated alkanes) is 1. The Bertz CT molecular complexity index is 562. The molecule has 1 aliphatic heterocycles. The lowest BCUT2D eigenvalue weighted by atomic mass is 9.80. The summed E-state index contributed by atoms with van der Waals surface area (Å²) in [7, 11) is 0. The smallest absolute Gasteiger partial charge is 0.338 e. The van der Waals surface area contributed by atoms with E-state index in [1.165, 1.54) is 0 Å². The van der Waals surface area contributed by atoms with Crippen molar-refractivity contribution in [3.63, 3.8) is 0 Å². The highest BCUT2D eigenvalue weighted by molar-refractivity contribution is 5.89. The van der Waals surface area contributed by atoms with Crippen LogP contribution in [0.25, 0.3) is 0 Å². The number of benzene rings is 1. The number of piperidine rings is 1. The molecule has 25 heavy (non-hydrogen) atoms. The van der Waals surface area contributed by atoms with Crippen molar-refractivity contribution in [2.75, 3.05) is 6.61 Å². The first kappa shape index (κ1) is 19.7. The molecule has 0 aliphatic carbocycles. The third-order valence-electron chi connectivity index (χ3n) is 4.68. The zero-order valence-corrected chi connectivity index (χ0v) is 16.0. The van der Waals surface area contributed by atoms with Crippen LogP contribution in [0.1, 0.15) is 70.7 Å². The Hall–Kier alpha value is -1.59. The lowest BCUT2D eigenvalue weighted by Gasteiger charge is -2.49. The molecular weight excluding hydrogens is 318 g/mol. The van der Waals surface area contributed by atoms with Crippen LogP contribution < -0.4 is 4.74 Å². The van der Waals surface area contributed by atoms with Gasteiger partial charge in [-0.05, 0) is 58.4 Å². The van der Waals surface area contributed by atoms with E-state index in [0.717, 1.165) is 23.7 Å². The Morgan fingerprint density at radius 2 is 1.68 bits per heavy atom. The van der Waals surface area contributed by atoms with Gasteiger partial charge in [-0.15, -0.1) is 10.3 Å². The van der Waals surface area contributed by atoms with Crippen molar-refractivity contribution in [3.05, 3.63) is 29.8 Å². The summed E-state index contributed by atoms with van der Waals surface area (Å²) in [6.07, 6.45) is 2.89. The molecule has 0 atom stereocenters. The van der Waals surface area contributed by atoms with Crippen LogP contribution in [0.3, 0.4) is 0 Å². The highest BCUT2D eigenvalue weighted by Gasteiger charge is 2.47.